The molecule has 0 atom stereocenters. The Kier molecular flexibility index (Phi) is 13.0. The fraction of sp³-hybridized carbons (Fsp3) is 0.647. The summed E-state index contributed by atoms with van der Waals surface area (Å²) in [6, 6.07) is 4.24. The highest BCUT2D eigenvalue weighted by Crippen LogP contribution is 2.09. The van der Waals surface area contributed by atoms with E-state index in [-0.39, 0.29) is 29.9 Å². The summed E-state index contributed by atoms with van der Waals surface area (Å²) >= 11 is 1.78. The number of aliphatic imine (C=N–C) groups is 1. The van der Waals surface area contributed by atoms with Crippen LogP contribution in [0.25, 0.3) is 0 Å². The third-order valence-electron chi connectivity index (χ3n) is 3.67. The van der Waals surface area contributed by atoms with Crippen LogP contribution >= 0.6 is 35.3 Å². The molecule has 0 bridgehead atoms. The molecule has 0 saturated heterocycles. The number of hydrogen-bond donors (Lipinski definition) is 1. The molecule has 1 rings (SSSR count). The number of likely N-dealkylation sites (N-methyl/N-ethyl adjacent to an activating group) is 1. The van der Waals surface area contributed by atoms with Gasteiger partial charge in [0.05, 0.1) is 6.54 Å². The summed E-state index contributed by atoms with van der Waals surface area (Å²) in [6.45, 7) is 9.87. The van der Waals surface area contributed by atoms with Crippen molar-refractivity contribution in [3.8, 4) is 0 Å². The maximum absolute atomic E-state index is 12.0. The second-order valence-corrected chi connectivity index (χ2v) is 6.33. The van der Waals surface area contributed by atoms with Gasteiger partial charge in [-0.05, 0) is 38.6 Å². The van der Waals surface area contributed by atoms with E-state index in [4.69, 9.17) is 0 Å². The summed E-state index contributed by atoms with van der Waals surface area (Å²) in [7, 11) is 2.04. The monoisotopic (exact) mass is 466 g/mol. The molecule has 0 aromatic carbocycles. The van der Waals surface area contributed by atoms with Gasteiger partial charge < -0.3 is 15.1 Å². The van der Waals surface area contributed by atoms with Gasteiger partial charge in [0.2, 0.25) is 5.91 Å². The maximum Gasteiger partial charge on any atom is 0.224 e. The van der Waals surface area contributed by atoms with Crippen molar-refractivity contribution in [2.75, 3.05) is 39.8 Å². The number of rotatable bonds is 9. The number of carbonyl (C=O) groups is 1. The minimum atomic E-state index is 0. The van der Waals surface area contributed by atoms with Crippen molar-refractivity contribution < 1.29 is 4.79 Å². The Balaban J connectivity index is 0.00000529. The molecular weight excluding hydrogens is 435 g/mol. The van der Waals surface area contributed by atoms with E-state index in [1.54, 1.807) is 11.3 Å². The zero-order chi connectivity index (χ0) is 17.1. The van der Waals surface area contributed by atoms with E-state index < -0.39 is 0 Å². The van der Waals surface area contributed by atoms with Crippen molar-refractivity contribution in [3.63, 3.8) is 0 Å². The molecule has 0 aliphatic heterocycles. The summed E-state index contributed by atoms with van der Waals surface area (Å²) in [5.41, 5.74) is 0. The molecule has 1 N–H and O–H groups in total. The zero-order valence-electron chi connectivity index (χ0n) is 15.2. The number of hydrogen-bond acceptors (Lipinski definition) is 3. The summed E-state index contributed by atoms with van der Waals surface area (Å²) in [4.78, 5) is 22.0. The Hall–Kier alpha value is -0.830. The SMILES string of the molecule is CCNC(=NCCC(=O)N(CC)CC)N(C)CCc1cccs1.I. The largest absolute Gasteiger partial charge is 0.357 e. The zero-order valence-corrected chi connectivity index (χ0v) is 18.4. The lowest BCUT2D eigenvalue weighted by atomic mass is 10.3. The van der Waals surface area contributed by atoms with E-state index >= 15 is 0 Å². The van der Waals surface area contributed by atoms with Crippen molar-refractivity contribution in [1.29, 1.82) is 0 Å². The summed E-state index contributed by atoms with van der Waals surface area (Å²) in [6.07, 6.45) is 1.48. The van der Waals surface area contributed by atoms with Crippen molar-refractivity contribution in [2.45, 2.75) is 33.6 Å². The fourth-order valence-corrected chi connectivity index (χ4v) is 3.00. The average molecular weight is 466 g/mol. The first-order valence-corrected chi connectivity index (χ1v) is 9.29. The van der Waals surface area contributed by atoms with Crippen LogP contribution in [0.5, 0.6) is 0 Å². The first kappa shape index (κ1) is 23.2. The predicted molar refractivity (Wildman–Crippen MR) is 115 cm³/mol. The van der Waals surface area contributed by atoms with E-state index in [2.05, 4.69) is 39.6 Å². The number of amides is 1. The van der Waals surface area contributed by atoms with Crippen LogP contribution in [0.3, 0.4) is 0 Å². The molecule has 1 aromatic rings. The molecule has 0 aliphatic carbocycles. The van der Waals surface area contributed by atoms with E-state index in [0.717, 1.165) is 38.6 Å². The normalized spacial score (nSPS) is 10.9. The Morgan fingerprint density at radius 3 is 2.54 bits per heavy atom. The van der Waals surface area contributed by atoms with Crippen LogP contribution in [0.2, 0.25) is 0 Å². The van der Waals surface area contributed by atoms with Gasteiger partial charge in [-0.25, -0.2) is 0 Å². The van der Waals surface area contributed by atoms with Crippen LogP contribution in [0.4, 0.5) is 0 Å². The van der Waals surface area contributed by atoms with Crippen molar-refractivity contribution in [1.82, 2.24) is 15.1 Å². The smallest absolute Gasteiger partial charge is 0.224 e. The molecule has 0 aliphatic rings. The Labute approximate surface area is 167 Å². The number of nitrogens with zero attached hydrogens (tertiary/aromatic N) is 3. The summed E-state index contributed by atoms with van der Waals surface area (Å²) < 4.78 is 0. The van der Waals surface area contributed by atoms with E-state index in [1.165, 1.54) is 4.88 Å². The van der Waals surface area contributed by atoms with Gasteiger partial charge in [0, 0.05) is 44.5 Å². The van der Waals surface area contributed by atoms with Crippen molar-refractivity contribution in [2.24, 2.45) is 4.99 Å². The van der Waals surface area contributed by atoms with Crippen molar-refractivity contribution in [3.05, 3.63) is 22.4 Å². The highest BCUT2D eigenvalue weighted by molar-refractivity contribution is 14.0. The van der Waals surface area contributed by atoms with Gasteiger partial charge in [0.25, 0.3) is 0 Å². The lowest BCUT2D eigenvalue weighted by molar-refractivity contribution is -0.130. The van der Waals surface area contributed by atoms with Gasteiger partial charge in [0.1, 0.15) is 0 Å². The molecule has 1 heterocycles. The van der Waals surface area contributed by atoms with E-state index in [1.807, 2.05) is 25.8 Å². The first-order chi connectivity index (χ1) is 11.1. The topological polar surface area (TPSA) is 47.9 Å². The average Bonchev–Trinajstić information content (AvgIpc) is 3.06. The lowest BCUT2D eigenvalue weighted by Crippen LogP contribution is -2.40. The van der Waals surface area contributed by atoms with Gasteiger partial charge in [-0.3, -0.25) is 9.79 Å². The Bertz CT molecular complexity index is 475. The van der Waals surface area contributed by atoms with Crippen LogP contribution in [0.1, 0.15) is 32.1 Å². The quantitative estimate of drug-likeness (QED) is 0.346. The van der Waals surface area contributed by atoms with Gasteiger partial charge >= 0.3 is 0 Å². The molecular formula is C17H31IN4OS. The molecule has 0 saturated carbocycles. The molecule has 0 radical (unpaired) electrons. The third-order valence-corrected chi connectivity index (χ3v) is 4.61. The van der Waals surface area contributed by atoms with E-state index in [0.29, 0.717) is 13.0 Å². The van der Waals surface area contributed by atoms with Crippen molar-refractivity contribution >= 4 is 47.2 Å². The minimum Gasteiger partial charge on any atom is -0.357 e. The predicted octanol–water partition coefficient (Wildman–Crippen LogP) is 3.06. The second-order valence-electron chi connectivity index (χ2n) is 5.30. The van der Waals surface area contributed by atoms with Gasteiger partial charge in [0.15, 0.2) is 5.96 Å². The number of thiophene rings is 1. The standard InChI is InChI=1S/C17H30N4OS.HI/c1-5-18-17(19-12-10-16(22)21(6-2)7-3)20(4)13-11-15-9-8-14-23-15;/h8-9,14H,5-7,10-13H2,1-4H3,(H,18,19);1H. The molecule has 5 nitrogen and oxygen atoms in total. The first-order valence-electron chi connectivity index (χ1n) is 8.41. The number of carbonyl (C=O) groups excluding carboxylic acids is 1. The minimum absolute atomic E-state index is 0. The fourth-order valence-electron chi connectivity index (χ4n) is 2.30. The number of guanidine groups is 1. The summed E-state index contributed by atoms with van der Waals surface area (Å²) in [5, 5.41) is 5.40. The van der Waals surface area contributed by atoms with Gasteiger partial charge in [-0.15, -0.1) is 35.3 Å². The summed E-state index contributed by atoms with van der Waals surface area (Å²) in [5.74, 6) is 1.05. The van der Waals surface area contributed by atoms with Gasteiger partial charge in [-0.2, -0.15) is 0 Å². The molecule has 24 heavy (non-hydrogen) atoms. The highest BCUT2D eigenvalue weighted by Gasteiger charge is 2.10. The van der Waals surface area contributed by atoms with E-state index in [9.17, 15) is 4.79 Å². The molecule has 0 fully saturated rings. The molecule has 0 spiro atoms. The number of halogens is 1. The van der Waals surface area contributed by atoms with Gasteiger partial charge in [-0.1, -0.05) is 6.07 Å². The molecule has 138 valence electrons. The highest BCUT2D eigenvalue weighted by atomic mass is 127. The van der Waals surface area contributed by atoms with Crippen LogP contribution in [0.15, 0.2) is 22.5 Å². The second kappa shape index (κ2) is 13.5. The van der Waals surface area contributed by atoms with Crippen LogP contribution in [-0.2, 0) is 11.2 Å². The van der Waals surface area contributed by atoms with Crippen LogP contribution in [-0.4, -0.2) is 61.4 Å². The Morgan fingerprint density at radius 1 is 1.29 bits per heavy atom. The lowest BCUT2D eigenvalue weighted by Gasteiger charge is -2.22. The van der Waals surface area contributed by atoms with Crippen LogP contribution < -0.4 is 5.32 Å². The number of nitrogens with one attached hydrogen (secondary N) is 1. The Morgan fingerprint density at radius 2 is 2.00 bits per heavy atom. The van der Waals surface area contributed by atoms with Crippen LogP contribution in [0, 0.1) is 0 Å². The maximum atomic E-state index is 12.0. The third kappa shape index (κ3) is 8.32. The molecule has 1 aromatic heterocycles. The molecule has 0 unspecified atom stereocenters. The molecule has 7 heteroatoms. The molecule has 1 amide bonds.